The first-order valence-corrected chi connectivity index (χ1v) is 8.84. The Hall–Kier alpha value is -1.60. The van der Waals surface area contributed by atoms with Crippen LogP contribution in [0.4, 0.5) is 10.5 Å². The highest BCUT2D eigenvalue weighted by Gasteiger charge is 2.39. The summed E-state index contributed by atoms with van der Waals surface area (Å²) in [6.45, 7) is 5.97. The summed E-state index contributed by atoms with van der Waals surface area (Å²) in [5.74, 6) is 1.24. The van der Waals surface area contributed by atoms with Crippen molar-refractivity contribution < 1.29 is 18.8 Å². The van der Waals surface area contributed by atoms with Gasteiger partial charge < -0.3 is 24.2 Å². The third-order valence-electron chi connectivity index (χ3n) is 5.35. The molecular weight excluding hydrogens is 310 g/mol. The number of carbonyl (C=O) groups excluding carboxylic acids is 1. The fraction of sp³-hybridized carbons (Fsp3) is 0.765. The lowest BCUT2D eigenvalue weighted by atomic mass is 9.80. The monoisotopic (exact) mass is 335 g/mol. The lowest BCUT2D eigenvalue weighted by molar-refractivity contribution is -0.0292. The summed E-state index contributed by atoms with van der Waals surface area (Å²) in [4.78, 5) is 14.7. The molecule has 1 aromatic rings. The van der Waals surface area contributed by atoms with Gasteiger partial charge in [-0.2, -0.15) is 0 Å². The molecule has 7 nitrogen and oxygen atoms in total. The van der Waals surface area contributed by atoms with E-state index in [0.29, 0.717) is 32.2 Å². The number of carbonyl (C=O) groups is 1. The first kappa shape index (κ1) is 15.9. The minimum absolute atomic E-state index is 0.0229. The predicted octanol–water partition coefficient (Wildman–Crippen LogP) is 2.52. The molecule has 3 fully saturated rings. The number of ether oxygens (including phenoxy) is 2. The Morgan fingerprint density at radius 2 is 2.04 bits per heavy atom. The number of urea groups is 1. The summed E-state index contributed by atoms with van der Waals surface area (Å²) in [7, 11) is 0. The Balaban J connectivity index is 1.48. The molecule has 0 aromatic carbocycles. The zero-order valence-corrected chi connectivity index (χ0v) is 14.2. The molecule has 2 aliphatic heterocycles. The van der Waals surface area contributed by atoms with E-state index in [1.807, 2.05) is 11.8 Å². The third kappa shape index (κ3) is 3.15. The molecule has 132 valence electrons. The Kier molecular flexibility index (Phi) is 4.22. The topological polar surface area (TPSA) is 76.8 Å². The Morgan fingerprint density at radius 3 is 2.79 bits per heavy atom. The number of rotatable bonds is 2. The molecule has 1 saturated carbocycles. The second-order valence-electron chi connectivity index (χ2n) is 7.30. The molecule has 0 radical (unpaired) electrons. The van der Waals surface area contributed by atoms with Crippen molar-refractivity contribution in [2.75, 3.05) is 44.8 Å². The number of hydrogen-bond acceptors (Lipinski definition) is 5. The van der Waals surface area contributed by atoms with Gasteiger partial charge in [0.2, 0.25) is 0 Å². The van der Waals surface area contributed by atoms with Gasteiger partial charge in [0, 0.05) is 37.6 Å². The van der Waals surface area contributed by atoms with Crippen molar-refractivity contribution in [3.63, 3.8) is 0 Å². The summed E-state index contributed by atoms with van der Waals surface area (Å²) in [6, 6.07) is -0.0837. The van der Waals surface area contributed by atoms with Crippen molar-refractivity contribution >= 4 is 11.7 Å². The van der Waals surface area contributed by atoms with E-state index in [9.17, 15) is 4.79 Å². The molecule has 3 heterocycles. The maximum atomic E-state index is 12.9. The number of nitrogens with one attached hydrogen (secondary N) is 1. The Labute approximate surface area is 141 Å². The molecule has 7 heteroatoms. The van der Waals surface area contributed by atoms with Gasteiger partial charge in [0.25, 0.3) is 0 Å². The molecule has 0 bridgehead atoms. The van der Waals surface area contributed by atoms with Crippen LogP contribution in [-0.4, -0.2) is 55.6 Å². The van der Waals surface area contributed by atoms with Gasteiger partial charge in [-0.1, -0.05) is 5.16 Å². The van der Waals surface area contributed by atoms with E-state index in [0.717, 1.165) is 56.0 Å². The molecule has 24 heavy (non-hydrogen) atoms. The van der Waals surface area contributed by atoms with E-state index < -0.39 is 0 Å². The molecular formula is C17H25N3O4. The fourth-order valence-electron chi connectivity index (χ4n) is 3.62. The number of hydrogen-bond donors (Lipinski definition) is 1. The standard InChI is InChI=1S/C17H25N3O4/c1-12-14(15(24-19-12)13-2-3-13)18-16(21)20-6-9-23-11-17(10-20)4-7-22-8-5-17/h13H,2-11H2,1H3,(H,18,21). The summed E-state index contributed by atoms with van der Waals surface area (Å²) in [5, 5.41) is 7.07. The second kappa shape index (κ2) is 6.37. The number of aryl methyl sites for hydroxylation is 1. The van der Waals surface area contributed by atoms with Gasteiger partial charge in [-0.05, 0) is 32.6 Å². The van der Waals surface area contributed by atoms with Crippen LogP contribution in [-0.2, 0) is 9.47 Å². The molecule has 2 amide bonds. The molecule has 1 N–H and O–H groups in total. The van der Waals surface area contributed by atoms with Crippen molar-refractivity contribution in [1.82, 2.24) is 10.1 Å². The molecule has 0 atom stereocenters. The molecule has 0 unspecified atom stereocenters. The first-order chi connectivity index (χ1) is 11.7. The van der Waals surface area contributed by atoms with E-state index >= 15 is 0 Å². The van der Waals surface area contributed by atoms with Crippen molar-refractivity contribution in [2.24, 2.45) is 5.41 Å². The van der Waals surface area contributed by atoms with Gasteiger partial charge in [0.15, 0.2) is 5.76 Å². The number of amides is 2. The molecule has 1 aromatic heterocycles. The maximum absolute atomic E-state index is 12.9. The largest absolute Gasteiger partial charge is 0.381 e. The van der Waals surface area contributed by atoms with E-state index in [-0.39, 0.29) is 11.4 Å². The number of aromatic nitrogens is 1. The van der Waals surface area contributed by atoms with Crippen LogP contribution in [0.5, 0.6) is 0 Å². The van der Waals surface area contributed by atoms with Crippen LogP contribution >= 0.6 is 0 Å². The summed E-state index contributed by atoms with van der Waals surface area (Å²) in [6.07, 6.45) is 4.10. The summed E-state index contributed by atoms with van der Waals surface area (Å²) < 4.78 is 16.7. The van der Waals surface area contributed by atoms with Crippen molar-refractivity contribution in [2.45, 2.75) is 38.5 Å². The fourth-order valence-corrected chi connectivity index (χ4v) is 3.62. The SMILES string of the molecule is Cc1noc(C2CC2)c1NC(=O)N1CCOCC2(CCOCC2)C1. The highest BCUT2D eigenvalue weighted by atomic mass is 16.5. The maximum Gasteiger partial charge on any atom is 0.322 e. The predicted molar refractivity (Wildman–Crippen MR) is 87.1 cm³/mol. The van der Waals surface area contributed by atoms with Crippen LogP contribution in [0, 0.1) is 12.3 Å². The van der Waals surface area contributed by atoms with Crippen molar-refractivity contribution in [3.05, 3.63) is 11.5 Å². The van der Waals surface area contributed by atoms with Crippen LogP contribution in [0.25, 0.3) is 0 Å². The van der Waals surface area contributed by atoms with E-state index in [1.54, 1.807) is 0 Å². The average Bonchev–Trinajstić information content (AvgIpc) is 3.38. The minimum atomic E-state index is -0.0837. The quantitative estimate of drug-likeness (QED) is 0.899. The van der Waals surface area contributed by atoms with Gasteiger partial charge in [0.05, 0.1) is 13.2 Å². The van der Waals surface area contributed by atoms with Gasteiger partial charge in [-0.3, -0.25) is 0 Å². The number of nitrogens with zero attached hydrogens (tertiary/aromatic N) is 2. The summed E-state index contributed by atoms with van der Waals surface area (Å²) >= 11 is 0. The van der Waals surface area contributed by atoms with Crippen LogP contribution in [0.15, 0.2) is 4.52 Å². The van der Waals surface area contributed by atoms with Crippen LogP contribution < -0.4 is 5.32 Å². The third-order valence-corrected chi connectivity index (χ3v) is 5.35. The Morgan fingerprint density at radius 1 is 1.25 bits per heavy atom. The summed E-state index contributed by atoms with van der Waals surface area (Å²) in [5.41, 5.74) is 1.53. The van der Waals surface area contributed by atoms with Crippen LogP contribution in [0.1, 0.15) is 43.1 Å². The van der Waals surface area contributed by atoms with Crippen molar-refractivity contribution in [1.29, 1.82) is 0 Å². The average molecular weight is 335 g/mol. The number of anilines is 1. The zero-order chi connectivity index (χ0) is 16.6. The molecule has 1 aliphatic carbocycles. The van der Waals surface area contributed by atoms with Gasteiger partial charge in [-0.25, -0.2) is 4.79 Å². The van der Waals surface area contributed by atoms with Gasteiger partial charge >= 0.3 is 6.03 Å². The highest BCUT2D eigenvalue weighted by molar-refractivity contribution is 5.90. The Bertz CT molecular complexity index is 605. The van der Waals surface area contributed by atoms with E-state index in [4.69, 9.17) is 14.0 Å². The molecule has 1 spiro atoms. The van der Waals surface area contributed by atoms with Gasteiger partial charge in [-0.15, -0.1) is 0 Å². The van der Waals surface area contributed by atoms with E-state index in [2.05, 4.69) is 10.5 Å². The minimum Gasteiger partial charge on any atom is -0.381 e. The molecule has 3 aliphatic rings. The zero-order valence-electron chi connectivity index (χ0n) is 14.2. The van der Waals surface area contributed by atoms with Gasteiger partial charge in [0.1, 0.15) is 11.4 Å². The lowest BCUT2D eigenvalue weighted by Gasteiger charge is -2.38. The smallest absolute Gasteiger partial charge is 0.322 e. The van der Waals surface area contributed by atoms with E-state index in [1.165, 1.54) is 0 Å². The van der Waals surface area contributed by atoms with Crippen molar-refractivity contribution in [3.8, 4) is 0 Å². The lowest BCUT2D eigenvalue weighted by Crippen LogP contribution is -2.46. The van der Waals surface area contributed by atoms with Crippen LogP contribution in [0.3, 0.4) is 0 Å². The second-order valence-corrected chi connectivity index (χ2v) is 7.30. The highest BCUT2D eigenvalue weighted by Crippen LogP contribution is 2.44. The molecule has 2 saturated heterocycles. The van der Waals surface area contributed by atoms with Crippen LogP contribution in [0.2, 0.25) is 0 Å². The first-order valence-electron chi connectivity index (χ1n) is 8.84. The molecule has 4 rings (SSSR count). The normalized spacial score (nSPS) is 24.0.